The van der Waals surface area contributed by atoms with Crippen molar-refractivity contribution in [2.24, 2.45) is 11.8 Å². The van der Waals surface area contributed by atoms with E-state index in [-0.39, 0.29) is 6.10 Å². The fourth-order valence-corrected chi connectivity index (χ4v) is 2.73. The van der Waals surface area contributed by atoms with Gasteiger partial charge >= 0.3 is 0 Å². The Bertz CT molecular complexity index is 213. The average molecular weight is 256 g/mol. The van der Waals surface area contributed by atoms with Crippen molar-refractivity contribution in [2.45, 2.75) is 59.1 Å². The van der Waals surface area contributed by atoms with E-state index in [0.29, 0.717) is 12.0 Å². The Balaban J connectivity index is 2.11. The van der Waals surface area contributed by atoms with Crippen molar-refractivity contribution in [2.75, 3.05) is 26.2 Å². The Labute approximate surface area is 113 Å². The van der Waals surface area contributed by atoms with Gasteiger partial charge in [0.05, 0.1) is 6.10 Å². The van der Waals surface area contributed by atoms with Gasteiger partial charge in [-0.2, -0.15) is 0 Å². The maximum atomic E-state index is 10.0. The van der Waals surface area contributed by atoms with Crippen LogP contribution in [0.15, 0.2) is 0 Å². The molecule has 0 bridgehead atoms. The Morgan fingerprint density at radius 2 is 1.83 bits per heavy atom. The van der Waals surface area contributed by atoms with Crippen molar-refractivity contribution in [3.63, 3.8) is 0 Å². The molecular weight excluding hydrogens is 224 g/mol. The summed E-state index contributed by atoms with van der Waals surface area (Å²) in [6.07, 6.45) is 3.51. The van der Waals surface area contributed by atoms with E-state index in [1.54, 1.807) is 0 Å². The molecule has 0 aromatic carbocycles. The predicted molar refractivity (Wildman–Crippen MR) is 77.8 cm³/mol. The Morgan fingerprint density at radius 1 is 1.22 bits per heavy atom. The number of aliphatic hydroxyl groups excluding tert-OH is 1. The highest BCUT2D eigenvalue weighted by atomic mass is 16.3. The molecule has 2 atom stereocenters. The molecule has 2 unspecified atom stereocenters. The smallest absolute Gasteiger partial charge is 0.0791 e. The molecule has 1 aliphatic heterocycles. The first-order valence-corrected chi connectivity index (χ1v) is 7.61. The maximum absolute atomic E-state index is 10.0. The topological polar surface area (TPSA) is 35.5 Å². The van der Waals surface area contributed by atoms with Crippen LogP contribution in [-0.4, -0.2) is 48.3 Å². The number of likely N-dealkylation sites (tertiary alicyclic amines) is 1. The summed E-state index contributed by atoms with van der Waals surface area (Å²) in [7, 11) is 0. The zero-order chi connectivity index (χ0) is 13.5. The van der Waals surface area contributed by atoms with Crippen molar-refractivity contribution in [3.05, 3.63) is 0 Å². The van der Waals surface area contributed by atoms with Gasteiger partial charge < -0.3 is 15.3 Å². The van der Waals surface area contributed by atoms with E-state index in [0.717, 1.165) is 32.1 Å². The number of piperidine rings is 1. The monoisotopic (exact) mass is 256 g/mol. The van der Waals surface area contributed by atoms with Crippen molar-refractivity contribution in [1.82, 2.24) is 10.2 Å². The lowest BCUT2D eigenvalue weighted by Gasteiger charge is -2.32. The molecule has 1 fully saturated rings. The number of aliphatic hydroxyl groups is 1. The molecule has 1 saturated heterocycles. The third kappa shape index (κ3) is 6.72. The van der Waals surface area contributed by atoms with Crippen molar-refractivity contribution in [1.29, 1.82) is 0 Å². The molecule has 3 heteroatoms. The van der Waals surface area contributed by atoms with E-state index >= 15 is 0 Å². The van der Waals surface area contributed by atoms with Gasteiger partial charge in [0.2, 0.25) is 0 Å². The van der Waals surface area contributed by atoms with Gasteiger partial charge in [-0.1, -0.05) is 20.8 Å². The first kappa shape index (κ1) is 15.9. The van der Waals surface area contributed by atoms with Crippen molar-refractivity contribution in [3.8, 4) is 0 Å². The summed E-state index contributed by atoms with van der Waals surface area (Å²) in [5.74, 6) is 1.58. The van der Waals surface area contributed by atoms with Gasteiger partial charge in [-0.3, -0.25) is 0 Å². The van der Waals surface area contributed by atoms with Gasteiger partial charge in [-0.25, -0.2) is 0 Å². The quantitative estimate of drug-likeness (QED) is 0.732. The molecule has 0 aliphatic carbocycles. The summed E-state index contributed by atoms with van der Waals surface area (Å²) in [5.41, 5.74) is 0. The summed E-state index contributed by atoms with van der Waals surface area (Å²) in [4.78, 5) is 2.40. The summed E-state index contributed by atoms with van der Waals surface area (Å²) in [5, 5.41) is 13.5. The highest BCUT2D eigenvalue weighted by Crippen LogP contribution is 2.15. The van der Waals surface area contributed by atoms with Gasteiger partial charge in [-0.15, -0.1) is 0 Å². The number of hydrogen-bond donors (Lipinski definition) is 2. The van der Waals surface area contributed by atoms with E-state index in [9.17, 15) is 5.11 Å². The van der Waals surface area contributed by atoms with E-state index < -0.39 is 0 Å². The van der Waals surface area contributed by atoms with Gasteiger partial charge in [-0.05, 0) is 51.1 Å². The van der Waals surface area contributed by atoms with Gasteiger partial charge in [0.1, 0.15) is 0 Å². The highest BCUT2D eigenvalue weighted by molar-refractivity contribution is 4.74. The van der Waals surface area contributed by atoms with Gasteiger partial charge in [0.25, 0.3) is 0 Å². The molecule has 0 amide bonds. The molecular formula is C15H32N2O. The van der Waals surface area contributed by atoms with Crippen LogP contribution in [0.2, 0.25) is 0 Å². The minimum absolute atomic E-state index is 0.229. The van der Waals surface area contributed by atoms with Crippen LogP contribution in [0.4, 0.5) is 0 Å². The molecule has 0 radical (unpaired) electrons. The lowest BCUT2D eigenvalue weighted by atomic mass is 9.99. The number of nitrogens with one attached hydrogen (secondary N) is 1. The molecule has 1 rings (SSSR count). The average Bonchev–Trinajstić information content (AvgIpc) is 2.29. The van der Waals surface area contributed by atoms with Crippen LogP contribution in [0.25, 0.3) is 0 Å². The Hall–Kier alpha value is -0.120. The van der Waals surface area contributed by atoms with Crippen LogP contribution in [0.3, 0.4) is 0 Å². The van der Waals surface area contributed by atoms with Crippen LogP contribution < -0.4 is 5.32 Å². The standard InChI is InChI=1S/C15H32N2O/c1-12(2)9-14(4)16-10-15(18)11-17-7-5-13(3)6-8-17/h12-16,18H,5-11H2,1-4H3. The molecule has 1 heterocycles. The zero-order valence-electron chi connectivity index (χ0n) is 12.7. The summed E-state index contributed by atoms with van der Waals surface area (Å²) < 4.78 is 0. The van der Waals surface area contributed by atoms with E-state index in [1.807, 2.05) is 0 Å². The number of hydrogen-bond acceptors (Lipinski definition) is 3. The van der Waals surface area contributed by atoms with Crippen molar-refractivity contribution < 1.29 is 5.11 Å². The molecule has 108 valence electrons. The van der Waals surface area contributed by atoms with E-state index in [4.69, 9.17) is 0 Å². The second-order valence-electron chi connectivity index (χ2n) is 6.58. The first-order valence-electron chi connectivity index (χ1n) is 7.61. The second-order valence-corrected chi connectivity index (χ2v) is 6.58. The summed E-state index contributed by atoms with van der Waals surface area (Å²) in [6, 6.07) is 0.501. The normalized spacial score (nSPS) is 22.3. The molecule has 3 nitrogen and oxygen atoms in total. The van der Waals surface area contributed by atoms with Crippen molar-refractivity contribution >= 4 is 0 Å². The molecule has 0 spiro atoms. The minimum Gasteiger partial charge on any atom is -0.390 e. The highest BCUT2D eigenvalue weighted by Gasteiger charge is 2.18. The lowest BCUT2D eigenvalue weighted by molar-refractivity contribution is 0.0887. The Morgan fingerprint density at radius 3 is 2.39 bits per heavy atom. The van der Waals surface area contributed by atoms with Gasteiger partial charge in [0.15, 0.2) is 0 Å². The lowest BCUT2D eigenvalue weighted by Crippen LogP contribution is -2.43. The SMILES string of the molecule is CC(C)CC(C)NCC(O)CN1CCC(C)CC1. The van der Waals surface area contributed by atoms with Crippen LogP contribution in [0.5, 0.6) is 0 Å². The fourth-order valence-electron chi connectivity index (χ4n) is 2.73. The van der Waals surface area contributed by atoms with Gasteiger partial charge in [0, 0.05) is 19.1 Å². The molecule has 2 N–H and O–H groups in total. The van der Waals surface area contributed by atoms with Crippen LogP contribution >= 0.6 is 0 Å². The Kier molecular flexibility index (Phi) is 7.20. The largest absolute Gasteiger partial charge is 0.390 e. The first-order chi connectivity index (χ1) is 8.47. The molecule has 1 aliphatic rings. The summed E-state index contributed by atoms with van der Waals surface area (Å²) >= 11 is 0. The summed E-state index contributed by atoms with van der Waals surface area (Å²) in [6.45, 7) is 12.9. The predicted octanol–water partition coefficient (Wildman–Crippen LogP) is 2.10. The molecule has 0 aromatic rings. The van der Waals surface area contributed by atoms with E-state index in [1.165, 1.54) is 19.3 Å². The molecule has 18 heavy (non-hydrogen) atoms. The number of β-amino-alcohol motifs (C(OH)–C–C–N with tert-alkyl or cyclic N) is 1. The molecule has 0 saturated carbocycles. The van der Waals surface area contributed by atoms with Crippen LogP contribution in [0, 0.1) is 11.8 Å². The number of nitrogens with zero attached hydrogens (tertiary/aromatic N) is 1. The van der Waals surface area contributed by atoms with E-state index in [2.05, 4.69) is 37.9 Å². The van der Waals surface area contributed by atoms with Crippen LogP contribution in [0.1, 0.15) is 47.0 Å². The molecule has 0 aromatic heterocycles. The second kappa shape index (κ2) is 8.13. The zero-order valence-corrected chi connectivity index (χ0v) is 12.7. The minimum atomic E-state index is -0.229. The maximum Gasteiger partial charge on any atom is 0.0791 e. The van der Waals surface area contributed by atoms with Crippen LogP contribution in [-0.2, 0) is 0 Å². The third-order valence-electron chi connectivity index (χ3n) is 3.87. The fraction of sp³-hybridized carbons (Fsp3) is 1.00. The third-order valence-corrected chi connectivity index (χ3v) is 3.87. The number of rotatable bonds is 7.